The van der Waals surface area contributed by atoms with Crippen LogP contribution >= 0.6 is 0 Å². The van der Waals surface area contributed by atoms with Crippen LogP contribution in [0, 0.1) is 17.8 Å². The molecule has 1 amide bonds. The molecule has 2 unspecified atom stereocenters. The molecule has 1 aliphatic rings. The van der Waals surface area contributed by atoms with Gasteiger partial charge >= 0.3 is 5.97 Å². The van der Waals surface area contributed by atoms with Gasteiger partial charge in [0.05, 0.1) is 5.92 Å². The highest BCUT2D eigenvalue weighted by atomic mass is 16.4. The monoisotopic (exact) mass is 284 g/mol. The van der Waals surface area contributed by atoms with Gasteiger partial charge in [-0.1, -0.05) is 27.7 Å². The Hall–Kier alpha value is -1.10. The molecule has 116 valence electrons. The first-order chi connectivity index (χ1) is 9.32. The number of carbonyl (C=O) groups excluding carboxylic acids is 1. The molecule has 0 aromatic carbocycles. The molecule has 0 saturated carbocycles. The Bertz CT molecular complexity index is 336. The number of rotatable bonds is 6. The largest absolute Gasteiger partial charge is 0.481 e. The van der Waals surface area contributed by atoms with E-state index in [-0.39, 0.29) is 5.91 Å². The smallest absolute Gasteiger partial charge is 0.307 e. The van der Waals surface area contributed by atoms with Gasteiger partial charge in [-0.2, -0.15) is 0 Å². The zero-order chi connectivity index (χ0) is 15.3. The van der Waals surface area contributed by atoms with Crippen molar-refractivity contribution < 1.29 is 14.7 Å². The molecular weight excluding hydrogens is 256 g/mol. The van der Waals surface area contributed by atoms with Crippen molar-refractivity contribution in [3.8, 4) is 0 Å². The van der Waals surface area contributed by atoms with Gasteiger partial charge in [-0.3, -0.25) is 14.5 Å². The molecule has 0 aliphatic carbocycles. The van der Waals surface area contributed by atoms with Gasteiger partial charge in [-0.25, -0.2) is 0 Å². The number of hydrogen-bond donors (Lipinski definition) is 1. The summed E-state index contributed by atoms with van der Waals surface area (Å²) < 4.78 is 0. The second kappa shape index (κ2) is 7.62. The summed E-state index contributed by atoms with van der Waals surface area (Å²) in [6.07, 6.45) is 1.18. The molecule has 5 nitrogen and oxygen atoms in total. The van der Waals surface area contributed by atoms with Crippen LogP contribution in [0.1, 0.15) is 34.1 Å². The summed E-state index contributed by atoms with van der Waals surface area (Å²) in [5.74, 6) is -1.30. The molecule has 0 aromatic heterocycles. The molecule has 5 heteroatoms. The SMILES string of the molecule is CC(C)CCN1CCN(C(=O)C(C)C(C)C(=O)O)CC1. The lowest BCUT2D eigenvalue weighted by atomic mass is 9.94. The van der Waals surface area contributed by atoms with Crippen molar-refractivity contribution >= 4 is 11.9 Å². The highest BCUT2D eigenvalue weighted by molar-refractivity contribution is 5.84. The Kier molecular flexibility index (Phi) is 6.46. The van der Waals surface area contributed by atoms with Crippen molar-refractivity contribution in [2.45, 2.75) is 34.1 Å². The van der Waals surface area contributed by atoms with Crippen molar-refractivity contribution in [2.75, 3.05) is 32.7 Å². The van der Waals surface area contributed by atoms with Gasteiger partial charge in [0.15, 0.2) is 0 Å². The van der Waals surface area contributed by atoms with E-state index in [0.717, 1.165) is 19.6 Å². The lowest BCUT2D eigenvalue weighted by molar-refractivity contribution is -0.149. The number of carbonyl (C=O) groups is 2. The maximum absolute atomic E-state index is 12.3. The van der Waals surface area contributed by atoms with Crippen LogP contribution in [0.4, 0.5) is 0 Å². The predicted molar refractivity (Wildman–Crippen MR) is 78.4 cm³/mol. The minimum Gasteiger partial charge on any atom is -0.481 e. The van der Waals surface area contributed by atoms with Crippen LogP contribution in [0.5, 0.6) is 0 Å². The normalized spacial score (nSPS) is 19.9. The highest BCUT2D eigenvalue weighted by Crippen LogP contribution is 2.16. The number of hydrogen-bond acceptors (Lipinski definition) is 3. The summed E-state index contributed by atoms with van der Waals surface area (Å²) in [5.41, 5.74) is 0. The molecule has 1 saturated heterocycles. The van der Waals surface area contributed by atoms with E-state index in [1.165, 1.54) is 6.42 Å². The third-order valence-corrected chi connectivity index (χ3v) is 4.24. The van der Waals surface area contributed by atoms with Crippen LogP contribution in [0.15, 0.2) is 0 Å². The Balaban J connectivity index is 2.41. The van der Waals surface area contributed by atoms with Gasteiger partial charge in [0, 0.05) is 32.1 Å². The summed E-state index contributed by atoms with van der Waals surface area (Å²) in [7, 11) is 0. The predicted octanol–water partition coefficient (Wildman–Crippen LogP) is 1.53. The standard InChI is InChI=1S/C15H28N2O3/c1-11(2)5-6-16-7-9-17(10-8-16)14(18)12(3)13(4)15(19)20/h11-13H,5-10H2,1-4H3,(H,19,20). The molecule has 0 spiro atoms. The fourth-order valence-electron chi connectivity index (χ4n) is 2.35. The molecule has 2 atom stereocenters. The fourth-order valence-corrected chi connectivity index (χ4v) is 2.35. The second-order valence-corrected chi connectivity index (χ2v) is 6.27. The molecule has 1 heterocycles. The number of aliphatic carboxylic acids is 1. The maximum atomic E-state index is 12.3. The number of carboxylic acid groups (broad SMARTS) is 1. The van der Waals surface area contributed by atoms with Crippen LogP contribution in [0.2, 0.25) is 0 Å². The fraction of sp³-hybridized carbons (Fsp3) is 0.867. The van der Waals surface area contributed by atoms with E-state index in [4.69, 9.17) is 5.11 Å². The Labute approximate surface area is 121 Å². The summed E-state index contributed by atoms with van der Waals surface area (Å²) >= 11 is 0. The lowest BCUT2D eigenvalue weighted by Gasteiger charge is -2.36. The van der Waals surface area contributed by atoms with E-state index in [0.29, 0.717) is 19.0 Å². The van der Waals surface area contributed by atoms with Crippen LogP contribution in [-0.2, 0) is 9.59 Å². The van der Waals surface area contributed by atoms with E-state index >= 15 is 0 Å². The van der Waals surface area contributed by atoms with Crippen LogP contribution < -0.4 is 0 Å². The van der Waals surface area contributed by atoms with Gasteiger partial charge in [0.1, 0.15) is 0 Å². The van der Waals surface area contributed by atoms with E-state index in [1.807, 2.05) is 4.90 Å². The average molecular weight is 284 g/mol. The van der Waals surface area contributed by atoms with E-state index in [9.17, 15) is 9.59 Å². The molecule has 20 heavy (non-hydrogen) atoms. The zero-order valence-electron chi connectivity index (χ0n) is 13.1. The molecule has 1 fully saturated rings. The maximum Gasteiger partial charge on any atom is 0.307 e. The molecule has 1 aliphatic heterocycles. The Morgan fingerprint density at radius 1 is 1.00 bits per heavy atom. The first-order valence-corrected chi connectivity index (χ1v) is 7.56. The summed E-state index contributed by atoms with van der Waals surface area (Å²) in [5, 5.41) is 8.98. The van der Waals surface area contributed by atoms with Crippen LogP contribution in [0.25, 0.3) is 0 Å². The number of amides is 1. The van der Waals surface area contributed by atoms with Gasteiger partial charge in [0.25, 0.3) is 0 Å². The molecule has 1 rings (SSSR count). The summed E-state index contributed by atoms with van der Waals surface area (Å²) in [4.78, 5) is 27.4. The van der Waals surface area contributed by atoms with Crippen molar-refractivity contribution in [3.63, 3.8) is 0 Å². The molecule has 0 aromatic rings. The van der Waals surface area contributed by atoms with Crippen LogP contribution in [-0.4, -0.2) is 59.5 Å². The highest BCUT2D eigenvalue weighted by Gasteiger charge is 2.30. The Morgan fingerprint density at radius 3 is 2.00 bits per heavy atom. The zero-order valence-corrected chi connectivity index (χ0v) is 13.1. The van der Waals surface area contributed by atoms with Gasteiger partial charge in [-0.05, 0) is 18.9 Å². The molecular formula is C15H28N2O3. The van der Waals surface area contributed by atoms with Crippen molar-refractivity contribution in [1.29, 1.82) is 0 Å². The molecule has 0 bridgehead atoms. The Morgan fingerprint density at radius 2 is 1.55 bits per heavy atom. The minimum absolute atomic E-state index is 0.0246. The van der Waals surface area contributed by atoms with E-state index in [1.54, 1.807) is 13.8 Å². The summed E-state index contributed by atoms with van der Waals surface area (Å²) in [6.45, 7) is 12.1. The molecule has 0 radical (unpaired) electrons. The minimum atomic E-state index is -0.901. The quantitative estimate of drug-likeness (QED) is 0.803. The first-order valence-electron chi connectivity index (χ1n) is 7.56. The number of nitrogens with zero attached hydrogens (tertiary/aromatic N) is 2. The topological polar surface area (TPSA) is 60.9 Å². The van der Waals surface area contributed by atoms with E-state index < -0.39 is 17.8 Å². The van der Waals surface area contributed by atoms with Gasteiger partial charge in [-0.15, -0.1) is 0 Å². The van der Waals surface area contributed by atoms with Gasteiger partial charge < -0.3 is 10.0 Å². The van der Waals surface area contributed by atoms with Crippen molar-refractivity contribution in [2.24, 2.45) is 17.8 Å². The number of piperazine rings is 1. The van der Waals surface area contributed by atoms with E-state index in [2.05, 4.69) is 18.7 Å². The van der Waals surface area contributed by atoms with Gasteiger partial charge in [0.2, 0.25) is 5.91 Å². The lowest BCUT2D eigenvalue weighted by Crippen LogP contribution is -2.51. The third kappa shape index (κ3) is 4.78. The summed E-state index contributed by atoms with van der Waals surface area (Å²) in [6, 6.07) is 0. The second-order valence-electron chi connectivity index (χ2n) is 6.27. The van der Waals surface area contributed by atoms with Crippen LogP contribution in [0.3, 0.4) is 0 Å². The third-order valence-electron chi connectivity index (χ3n) is 4.24. The number of carboxylic acids is 1. The van der Waals surface area contributed by atoms with Crippen molar-refractivity contribution in [1.82, 2.24) is 9.80 Å². The molecule has 1 N–H and O–H groups in total. The first kappa shape index (κ1) is 17.0. The van der Waals surface area contributed by atoms with Crippen molar-refractivity contribution in [3.05, 3.63) is 0 Å². The average Bonchev–Trinajstić information content (AvgIpc) is 2.43.